The van der Waals surface area contributed by atoms with Crippen molar-refractivity contribution in [2.75, 3.05) is 17.7 Å². The number of carbonyl (C=O) groups excluding carboxylic acids is 1. The molecule has 3 aromatic carbocycles. The van der Waals surface area contributed by atoms with E-state index in [1.165, 1.54) is 22.5 Å². The number of nitrogens with one attached hydrogen (secondary N) is 1. The molecule has 0 saturated carbocycles. The summed E-state index contributed by atoms with van der Waals surface area (Å²) in [4.78, 5) is 12.4. The zero-order valence-electron chi connectivity index (χ0n) is 19.6. The molecule has 0 aliphatic rings. The first-order valence-electron chi connectivity index (χ1n) is 11.3. The van der Waals surface area contributed by atoms with Crippen LogP contribution in [0, 0.1) is 6.92 Å². The lowest BCUT2D eigenvalue weighted by Crippen LogP contribution is -2.15. The summed E-state index contributed by atoms with van der Waals surface area (Å²) in [6.07, 6.45) is 0. The zero-order chi connectivity index (χ0) is 23.9. The van der Waals surface area contributed by atoms with Gasteiger partial charge in [0.15, 0.2) is 11.0 Å². The van der Waals surface area contributed by atoms with Crippen molar-refractivity contribution in [3.05, 3.63) is 72.1 Å². The number of rotatable bonds is 10. The topological polar surface area (TPSA) is 78.3 Å². The number of nitrogens with zero attached hydrogens (tertiary/aromatic N) is 3. The van der Waals surface area contributed by atoms with Crippen LogP contribution in [-0.4, -0.2) is 33.0 Å². The molecule has 7 nitrogen and oxygen atoms in total. The van der Waals surface area contributed by atoms with E-state index in [1.54, 1.807) is 0 Å². The van der Waals surface area contributed by atoms with Gasteiger partial charge in [-0.15, -0.1) is 10.2 Å². The highest BCUT2D eigenvalue weighted by atomic mass is 32.2. The van der Waals surface area contributed by atoms with Gasteiger partial charge in [-0.05, 0) is 67.4 Å². The molecule has 4 aromatic rings. The quantitative estimate of drug-likeness (QED) is 0.306. The molecular formula is C26H28N4O3S. The molecule has 0 saturated heterocycles. The third-order valence-electron chi connectivity index (χ3n) is 5.40. The summed E-state index contributed by atoms with van der Waals surface area (Å²) >= 11 is 1.35. The van der Waals surface area contributed by atoms with E-state index >= 15 is 0 Å². The normalized spacial score (nSPS) is 10.9. The van der Waals surface area contributed by atoms with Gasteiger partial charge in [0.2, 0.25) is 5.91 Å². The molecule has 0 spiro atoms. The number of hydrogen-bond donors (Lipinski definition) is 1. The van der Waals surface area contributed by atoms with Crippen LogP contribution in [0.15, 0.2) is 65.8 Å². The summed E-state index contributed by atoms with van der Waals surface area (Å²) in [5.41, 5.74) is 1.83. The Morgan fingerprint density at radius 1 is 1.00 bits per heavy atom. The number of carbonyl (C=O) groups is 1. The van der Waals surface area contributed by atoms with Gasteiger partial charge in [-0.3, -0.25) is 4.79 Å². The van der Waals surface area contributed by atoms with Crippen LogP contribution in [0.2, 0.25) is 0 Å². The standard InChI is InChI=1S/C26H28N4O3S/c1-4-30-24(16-33-23-15-10-19-8-6-7-9-22(19)18(23)3)28-29-26(30)34-17-25(31)27-20-11-13-21(14-12-20)32-5-2/h6-15H,4-5,16-17H2,1-3H3,(H,27,31). The SMILES string of the molecule is CCOc1ccc(NC(=O)CSc2nnc(COc3ccc4ccccc4c3C)n2CC)cc1. The van der Waals surface area contributed by atoms with Crippen molar-refractivity contribution < 1.29 is 14.3 Å². The molecule has 0 atom stereocenters. The van der Waals surface area contributed by atoms with Gasteiger partial charge in [-0.1, -0.05) is 42.1 Å². The Morgan fingerprint density at radius 2 is 1.79 bits per heavy atom. The van der Waals surface area contributed by atoms with Gasteiger partial charge in [0.1, 0.15) is 18.1 Å². The Morgan fingerprint density at radius 3 is 2.56 bits per heavy atom. The Balaban J connectivity index is 1.36. The Bertz CT molecular complexity index is 1270. The van der Waals surface area contributed by atoms with E-state index in [0.717, 1.165) is 28.6 Å². The highest BCUT2D eigenvalue weighted by molar-refractivity contribution is 7.99. The third-order valence-corrected chi connectivity index (χ3v) is 6.36. The van der Waals surface area contributed by atoms with Crippen molar-refractivity contribution in [2.24, 2.45) is 0 Å². The van der Waals surface area contributed by atoms with Gasteiger partial charge in [0.25, 0.3) is 0 Å². The number of hydrogen-bond acceptors (Lipinski definition) is 6. The third kappa shape index (κ3) is 5.51. The first-order chi connectivity index (χ1) is 16.6. The minimum atomic E-state index is -0.107. The maximum Gasteiger partial charge on any atom is 0.234 e. The lowest BCUT2D eigenvalue weighted by atomic mass is 10.0. The van der Waals surface area contributed by atoms with Crippen LogP contribution < -0.4 is 14.8 Å². The monoisotopic (exact) mass is 476 g/mol. The molecule has 0 aliphatic heterocycles. The van der Waals surface area contributed by atoms with Crippen LogP contribution in [0.5, 0.6) is 11.5 Å². The number of aromatic nitrogens is 3. The molecular weight excluding hydrogens is 448 g/mol. The number of aryl methyl sites for hydroxylation is 1. The smallest absolute Gasteiger partial charge is 0.234 e. The number of anilines is 1. The van der Waals surface area contributed by atoms with Crippen LogP contribution >= 0.6 is 11.8 Å². The Kier molecular flexibility index (Phi) is 7.69. The molecule has 176 valence electrons. The number of ether oxygens (including phenoxy) is 2. The van der Waals surface area contributed by atoms with E-state index in [-0.39, 0.29) is 11.7 Å². The van der Waals surface area contributed by atoms with Crippen LogP contribution in [0.4, 0.5) is 5.69 Å². The van der Waals surface area contributed by atoms with Crippen LogP contribution in [0.25, 0.3) is 10.8 Å². The molecule has 0 aliphatic carbocycles. The van der Waals surface area contributed by atoms with Crippen LogP contribution in [0.1, 0.15) is 25.2 Å². The molecule has 1 amide bonds. The minimum Gasteiger partial charge on any atom is -0.494 e. The molecule has 1 aromatic heterocycles. The van der Waals surface area contributed by atoms with Crippen LogP contribution in [-0.2, 0) is 17.9 Å². The zero-order valence-corrected chi connectivity index (χ0v) is 20.4. The van der Waals surface area contributed by atoms with Gasteiger partial charge in [-0.2, -0.15) is 0 Å². The summed E-state index contributed by atoms with van der Waals surface area (Å²) in [5.74, 6) is 2.46. The molecule has 1 heterocycles. The summed E-state index contributed by atoms with van der Waals surface area (Å²) in [6, 6.07) is 19.6. The molecule has 34 heavy (non-hydrogen) atoms. The average molecular weight is 477 g/mol. The first kappa shape index (κ1) is 23.6. The predicted octanol–water partition coefficient (Wildman–Crippen LogP) is 5.47. The van der Waals surface area contributed by atoms with Crippen molar-refractivity contribution in [1.29, 1.82) is 0 Å². The maximum absolute atomic E-state index is 12.4. The van der Waals surface area contributed by atoms with E-state index in [9.17, 15) is 4.79 Å². The summed E-state index contributed by atoms with van der Waals surface area (Å²) in [6.45, 7) is 7.62. The van der Waals surface area contributed by atoms with Crippen molar-refractivity contribution in [1.82, 2.24) is 14.8 Å². The van der Waals surface area contributed by atoms with E-state index in [0.29, 0.717) is 24.9 Å². The van der Waals surface area contributed by atoms with Gasteiger partial charge in [-0.25, -0.2) is 0 Å². The predicted molar refractivity (Wildman–Crippen MR) is 136 cm³/mol. The largest absolute Gasteiger partial charge is 0.494 e. The molecule has 0 bridgehead atoms. The number of thioether (sulfide) groups is 1. The lowest BCUT2D eigenvalue weighted by molar-refractivity contribution is -0.113. The summed E-state index contributed by atoms with van der Waals surface area (Å²) in [5, 5.41) is 14.5. The highest BCUT2D eigenvalue weighted by Crippen LogP contribution is 2.28. The highest BCUT2D eigenvalue weighted by Gasteiger charge is 2.15. The molecule has 8 heteroatoms. The Hall–Kier alpha value is -3.52. The second-order valence-corrected chi connectivity index (χ2v) is 8.58. The molecule has 0 radical (unpaired) electrons. The summed E-state index contributed by atoms with van der Waals surface area (Å²) in [7, 11) is 0. The van der Waals surface area contributed by atoms with Gasteiger partial charge >= 0.3 is 0 Å². The first-order valence-corrected chi connectivity index (χ1v) is 12.3. The van der Waals surface area contributed by atoms with Crippen LogP contribution in [0.3, 0.4) is 0 Å². The van der Waals surface area contributed by atoms with Crippen molar-refractivity contribution in [3.63, 3.8) is 0 Å². The van der Waals surface area contributed by atoms with E-state index in [2.05, 4.69) is 40.6 Å². The number of amides is 1. The fourth-order valence-electron chi connectivity index (χ4n) is 3.68. The molecule has 0 fully saturated rings. The molecule has 4 rings (SSSR count). The van der Waals surface area contributed by atoms with Gasteiger partial charge in [0.05, 0.1) is 12.4 Å². The summed E-state index contributed by atoms with van der Waals surface area (Å²) < 4.78 is 13.5. The molecule has 0 unspecified atom stereocenters. The Labute approximate surface area is 203 Å². The van der Waals surface area contributed by atoms with Gasteiger partial charge < -0.3 is 19.4 Å². The van der Waals surface area contributed by atoms with E-state index < -0.39 is 0 Å². The average Bonchev–Trinajstić information content (AvgIpc) is 3.25. The van der Waals surface area contributed by atoms with E-state index in [4.69, 9.17) is 9.47 Å². The minimum absolute atomic E-state index is 0.107. The fraction of sp³-hybridized carbons (Fsp3) is 0.269. The number of benzene rings is 3. The fourth-order valence-corrected chi connectivity index (χ4v) is 4.51. The second kappa shape index (κ2) is 11.1. The molecule has 1 N–H and O–H groups in total. The van der Waals surface area contributed by atoms with Crippen molar-refractivity contribution in [3.8, 4) is 11.5 Å². The van der Waals surface area contributed by atoms with Gasteiger partial charge in [0, 0.05) is 12.2 Å². The van der Waals surface area contributed by atoms with Crippen molar-refractivity contribution in [2.45, 2.75) is 39.1 Å². The lowest BCUT2D eigenvalue weighted by Gasteiger charge is -2.12. The maximum atomic E-state index is 12.4. The number of fused-ring (bicyclic) bond motifs is 1. The van der Waals surface area contributed by atoms with E-state index in [1.807, 2.05) is 60.9 Å². The van der Waals surface area contributed by atoms with Crippen molar-refractivity contribution >= 4 is 34.1 Å². The second-order valence-electron chi connectivity index (χ2n) is 7.64.